The minimum Gasteiger partial charge on any atom is -0.465 e. The maximum atomic E-state index is 11.4. The standard InChI is InChI=1S/C14H11Cl2NO3/c15-11-4-3-10(13(16)8-11)9-20-14(18)17-6-5-12-2-1-7-19-12/h1-8H,9H2,(H,17,18)/b6-5+. The van der Waals surface area contributed by atoms with Crippen molar-refractivity contribution in [3.8, 4) is 0 Å². The van der Waals surface area contributed by atoms with Gasteiger partial charge in [-0.15, -0.1) is 0 Å². The fourth-order valence-corrected chi connectivity index (χ4v) is 1.86. The zero-order chi connectivity index (χ0) is 14.4. The number of rotatable bonds is 4. The van der Waals surface area contributed by atoms with Crippen LogP contribution in [0.1, 0.15) is 11.3 Å². The summed E-state index contributed by atoms with van der Waals surface area (Å²) in [6.07, 6.45) is 4.00. The number of halogens is 2. The molecule has 1 aromatic carbocycles. The average Bonchev–Trinajstić information content (AvgIpc) is 2.91. The van der Waals surface area contributed by atoms with E-state index in [0.717, 1.165) is 0 Å². The molecule has 0 bridgehead atoms. The molecule has 6 heteroatoms. The second kappa shape index (κ2) is 7.03. The summed E-state index contributed by atoms with van der Waals surface area (Å²) in [5.41, 5.74) is 0.682. The molecule has 1 aromatic heterocycles. The number of hydrogen-bond donors (Lipinski definition) is 1. The van der Waals surface area contributed by atoms with Crippen LogP contribution in [0.4, 0.5) is 4.79 Å². The van der Waals surface area contributed by atoms with Crippen molar-refractivity contribution in [2.45, 2.75) is 6.61 Å². The number of benzene rings is 1. The van der Waals surface area contributed by atoms with E-state index in [9.17, 15) is 4.79 Å². The van der Waals surface area contributed by atoms with Crippen molar-refractivity contribution in [2.75, 3.05) is 0 Å². The summed E-state index contributed by atoms with van der Waals surface area (Å²) in [5, 5.41) is 3.44. The van der Waals surface area contributed by atoms with Gasteiger partial charge in [-0.1, -0.05) is 29.3 Å². The highest BCUT2D eigenvalue weighted by Crippen LogP contribution is 2.21. The first-order valence-electron chi connectivity index (χ1n) is 5.72. The summed E-state index contributed by atoms with van der Waals surface area (Å²) >= 11 is 11.7. The summed E-state index contributed by atoms with van der Waals surface area (Å²) in [5.74, 6) is 0.631. The summed E-state index contributed by atoms with van der Waals surface area (Å²) in [4.78, 5) is 11.4. The van der Waals surface area contributed by atoms with Crippen molar-refractivity contribution < 1.29 is 13.9 Å². The Morgan fingerprint density at radius 3 is 2.90 bits per heavy atom. The lowest BCUT2D eigenvalue weighted by molar-refractivity contribution is 0.143. The Morgan fingerprint density at radius 2 is 2.20 bits per heavy atom. The number of carbonyl (C=O) groups is 1. The highest BCUT2D eigenvalue weighted by molar-refractivity contribution is 6.35. The number of hydrogen-bond acceptors (Lipinski definition) is 3. The molecule has 0 radical (unpaired) electrons. The van der Waals surface area contributed by atoms with E-state index in [0.29, 0.717) is 21.4 Å². The van der Waals surface area contributed by atoms with E-state index in [4.69, 9.17) is 32.4 Å². The largest absolute Gasteiger partial charge is 0.465 e. The van der Waals surface area contributed by atoms with Crippen LogP contribution < -0.4 is 5.32 Å². The summed E-state index contributed by atoms with van der Waals surface area (Å²) in [7, 11) is 0. The van der Waals surface area contributed by atoms with Crippen molar-refractivity contribution in [3.63, 3.8) is 0 Å². The topological polar surface area (TPSA) is 51.5 Å². The van der Waals surface area contributed by atoms with Crippen LogP contribution in [0.2, 0.25) is 10.0 Å². The number of alkyl carbamates (subject to hydrolysis) is 1. The average molecular weight is 312 g/mol. The molecule has 0 spiro atoms. The van der Waals surface area contributed by atoms with E-state index in [2.05, 4.69) is 5.32 Å². The Hall–Kier alpha value is -1.91. The normalized spacial score (nSPS) is 10.7. The van der Waals surface area contributed by atoms with Crippen LogP contribution in [0.3, 0.4) is 0 Å². The van der Waals surface area contributed by atoms with Gasteiger partial charge in [0.1, 0.15) is 12.4 Å². The van der Waals surface area contributed by atoms with Gasteiger partial charge in [-0.3, -0.25) is 5.32 Å². The van der Waals surface area contributed by atoms with Gasteiger partial charge in [0.25, 0.3) is 0 Å². The van der Waals surface area contributed by atoms with E-state index in [1.54, 1.807) is 42.7 Å². The molecule has 0 fully saturated rings. The van der Waals surface area contributed by atoms with E-state index in [-0.39, 0.29) is 6.61 Å². The van der Waals surface area contributed by atoms with E-state index < -0.39 is 6.09 Å². The highest BCUT2D eigenvalue weighted by atomic mass is 35.5. The Morgan fingerprint density at radius 1 is 1.35 bits per heavy atom. The minimum absolute atomic E-state index is 0.0659. The van der Waals surface area contributed by atoms with Gasteiger partial charge in [-0.2, -0.15) is 0 Å². The predicted molar refractivity (Wildman–Crippen MR) is 77.5 cm³/mol. The second-order valence-electron chi connectivity index (χ2n) is 3.80. The van der Waals surface area contributed by atoms with Gasteiger partial charge in [0, 0.05) is 21.8 Å². The molecule has 0 aliphatic carbocycles. The summed E-state index contributed by atoms with van der Waals surface area (Å²) < 4.78 is 10.1. The van der Waals surface area contributed by atoms with Crippen LogP contribution in [0.15, 0.2) is 47.2 Å². The molecular formula is C14H11Cl2NO3. The number of amides is 1. The quantitative estimate of drug-likeness (QED) is 0.905. The van der Waals surface area contributed by atoms with Gasteiger partial charge >= 0.3 is 6.09 Å². The second-order valence-corrected chi connectivity index (χ2v) is 4.65. The third kappa shape index (κ3) is 4.33. The molecule has 1 N–H and O–H groups in total. The van der Waals surface area contributed by atoms with Crippen LogP contribution in [-0.4, -0.2) is 6.09 Å². The SMILES string of the molecule is O=C(N/C=C/c1ccco1)OCc1ccc(Cl)cc1Cl. The number of furan rings is 1. The van der Waals surface area contributed by atoms with Gasteiger partial charge < -0.3 is 9.15 Å². The van der Waals surface area contributed by atoms with E-state index in [1.807, 2.05) is 0 Å². The lowest BCUT2D eigenvalue weighted by Gasteiger charge is -2.06. The van der Waals surface area contributed by atoms with Gasteiger partial charge in [-0.25, -0.2) is 4.79 Å². The third-order valence-corrected chi connectivity index (χ3v) is 2.95. The fourth-order valence-electron chi connectivity index (χ4n) is 1.40. The first-order valence-corrected chi connectivity index (χ1v) is 6.48. The molecule has 0 aliphatic rings. The van der Waals surface area contributed by atoms with Gasteiger partial charge in [0.05, 0.1) is 6.26 Å². The summed E-state index contributed by atoms with van der Waals surface area (Å²) in [6, 6.07) is 8.49. The maximum absolute atomic E-state index is 11.4. The molecule has 20 heavy (non-hydrogen) atoms. The lowest BCUT2D eigenvalue weighted by atomic mass is 10.2. The van der Waals surface area contributed by atoms with Crippen LogP contribution in [0, 0.1) is 0 Å². The molecule has 2 rings (SSSR count). The zero-order valence-corrected chi connectivity index (χ0v) is 11.8. The Bertz CT molecular complexity index is 609. The molecule has 1 amide bonds. The fraction of sp³-hybridized carbons (Fsp3) is 0.0714. The Balaban J connectivity index is 1.80. The van der Waals surface area contributed by atoms with Gasteiger partial charge in [0.15, 0.2) is 0 Å². The number of ether oxygens (including phenoxy) is 1. The monoisotopic (exact) mass is 311 g/mol. The first kappa shape index (κ1) is 14.5. The summed E-state index contributed by atoms with van der Waals surface area (Å²) in [6.45, 7) is 0.0659. The third-order valence-electron chi connectivity index (χ3n) is 2.37. The molecule has 0 unspecified atom stereocenters. The Kier molecular flexibility index (Phi) is 5.09. The first-order chi connectivity index (χ1) is 9.65. The highest BCUT2D eigenvalue weighted by Gasteiger charge is 2.04. The van der Waals surface area contributed by atoms with E-state index in [1.165, 1.54) is 6.20 Å². The van der Waals surface area contributed by atoms with Crippen LogP contribution in [-0.2, 0) is 11.3 Å². The van der Waals surface area contributed by atoms with Crippen molar-refractivity contribution in [2.24, 2.45) is 0 Å². The zero-order valence-electron chi connectivity index (χ0n) is 10.3. The maximum Gasteiger partial charge on any atom is 0.411 e. The molecular weight excluding hydrogens is 301 g/mol. The van der Waals surface area contributed by atoms with Crippen molar-refractivity contribution in [1.82, 2.24) is 5.32 Å². The van der Waals surface area contributed by atoms with Crippen molar-refractivity contribution in [3.05, 3.63) is 64.2 Å². The van der Waals surface area contributed by atoms with E-state index >= 15 is 0 Å². The van der Waals surface area contributed by atoms with Crippen molar-refractivity contribution >= 4 is 35.4 Å². The molecule has 1 heterocycles. The molecule has 0 atom stereocenters. The molecule has 104 valence electrons. The minimum atomic E-state index is -0.584. The predicted octanol–water partition coefficient (Wildman–Crippen LogP) is 4.48. The Labute approximate surface area is 125 Å². The van der Waals surface area contributed by atoms with Crippen LogP contribution >= 0.6 is 23.2 Å². The lowest BCUT2D eigenvalue weighted by Crippen LogP contribution is -2.18. The van der Waals surface area contributed by atoms with Gasteiger partial charge in [0.2, 0.25) is 0 Å². The molecule has 2 aromatic rings. The number of carbonyl (C=O) groups excluding carboxylic acids is 1. The molecule has 0 saturated heterocycles. The molecule has 0 aliphatic heterocycles. The van der Waals surface area contributed by atoms with Crippen LogP contribution in [0.5, 0.6) is 0 Å². The molecule has 4 nitrogen and oxygen atoms in total. The molecule has 0 saturated carbocycles. The number of nitrogens with one attached hydrogen (secondary N) is 1. The van der Waals surface area contributed by atoms with Gasteiger partial charge in [-0.05, 0) is 30.3 Å². The van der Waals surface area contributed by atoms with Crippen molar-refractivity contribution in [1.29, 1.82) is 0 Å². The van der Waals surface area contributed by atoms with Crippen LogP contribution in [0.25, 0.3) is 6.08 Å². The smallest absolute Gasteiger partial charge is 0.411 e.